The summed E-state index contributed by atoms with van der Waals surface area (Å²) < 4.78 is 24.7. The van der Waals surface area contributed by atoms with Crippen molar-refractivity contribution in [2.75, 3.05) is 7.11 Å². The molecule has 2 aromatic carbocycles. The molecular weight excluding hydrogens is 277 g/mol. The molecule has 0 aliphatic rings. The van der Waals surface area contributed by atoms with Gasteiger partial charge in [0, 0.05) is 5.56 Å². The highest BCUT2D eigenvalue weighted by Gasteiger charge is 2.10. The Kier molecular flexibility index (Phi) is 4.20. The quantitative estimate of drug-likeness (QED) is 0.875. The van der Waals surface area contributed by atoms with Gasteiger partial charge in [0.1, 0.15) is 4.99 Å². The molecule has 20 heavy (non-hydrogen) atoms. The molecule has 104 valence electrons. The first-order valence-electron chi connectivity index (χ1n) is 5.93. The van der Waals surface area contributed by atoms with Crippen LogP contribution in [0.25, 0.3) is 0 Å². The molecule has 2 aromatic rings. The lowest BCUT2D eigenvalue weighted by Gasteiger charge is -2.12. The van der Waals surface area contributed by atoms with E-state index in [1.807, 2.05) is 19.1 Å². The molecule has 0 saturated carbocycles. The number of benzene rings is 2. The Balaban J connectivity index is 2.33. The number of aryl methyl sites for hydroxylation is 1. The van der Waals surface area contributed by atoms with Gasteiger partial charge >= 0.3 is 0 Å². The molecule has 0 atom stereocenters. The monoisotopic (exact) mass is 291 g/mol. The third-order valence-electron chi connectivity index (χ3n) is 2.76. The van der Waals surface area contributed by atoms with E-state index in [9.17, 15) is 4.39 Å². The van der Waals surface area contributed by atoms with Crippen LogP contribution in [0, 0.1) is 12.7 Å². The topological polar surface area (TPSA) is 44.5 Å². The standard InChI is InChI=1S/C15H14FNO2S/c1-9-3-5-13(14(7-9)18-2)19-12-6-4-10(15(17)20)8-11(12)16/h3-8H,1-2H3,(H2,17,20). The SMILES string of the molecule is COc1cc(C)ccc1Oc1ccc(C(N)=S)cc1F. The van der Waals surface area contributed by atoms with Gasteiger partial charge in [-0.2, -0.15) is 0 Å². The van der Waals surface area contributed by atoms with E-state index < -0.39 is 5.82 Å². The molecule has 0 heterocycles. The van der Waals surface area contributed by atoms with Crippen molar-refractivity contribution in [3.8, 4) is 17.2 Å². The predicted octanol–water partition coefficient (Wildman–Crippen LogP) is 3.57. The van der Waals surface area contributed by atoms with Crippen LogP contribution in [0.4, 0.5) is 4.39 Å². The molecular formula is C15H14FNO2S. The van der Waals surface area contributed by atoms with Gasteiger partial charge in [-0.25, -0.2) is 4.39 Å². The molecule has 0 aliphatic carbocycles. The van der Waals surface area contributed by atoms with E-state index in [0.717, 1.165) is 5.56 Å². The van der Waals surface area contributed by atoms with Crippen molar-refractivity contribution in [2.45, 2.75) is 6.92 Å². The lowest BCUT2D eigenvalue weighted by molar-refractivity contribution is 0.370. The number of ether oxygens (including phenoxy) is 2. The highest BCUT2D eigenvalue weighted by atomic mass is 32.1. The molecule has 0 fully saturated rings. The van der Waals surface area contributed by atoms with Crippen molar-refractivity contribution in [1.29, 1.82) is 0 Å². The second-order valence-electron chi connectivity index (χ2n) is 4.27. The van der Waals surface area contributed by atoms with Gasteiger partial charge in [-0.3, -0.25) is 0 Å². The van der Waals surface area contributed by atoms with Gasteiger partial charge < -0.3 is 15.2 Å². The van der Waals surface area contributed by atoms with Gasteiger partial charge in [0.2, 0.25) is 0 Å². The lowest BCUT2D eigenvalue weighted by atomic mass is 10.2. The van der Waals surface area contributed by atoms with Crippen LogP contribution in [0.3, 0.4) is 0 Å². The third-order valence-corrected chi connectivity index (χ3v) is 2.99. The third kappa shape index (κ3) is 3.05. The van der Waals surface area contributed by atoms with Crippen molar-refractivity contribution >= 4 is 17.2 Å². The number of rotatable bonds is 4. The smallest absolute Gasteiger partial charge is 0.169 e. The first-order chi connectivity index (χ1) is 9.51. The Labute approximate surface area is 122 Å². The van der Waals surface area contributed by atoms with E-state index in [2.05, 4.69) is 0 Å². The fraction of sp³-hybridized carbons (Fsp3) is 0.133. The minimum Gasteiger partial charge on any atom is -0.493 e. The van der Waals surface area contributed by atoms with Crippen LogP contribution in [-0.2, 0) is 0 Å². The van der Waals surface area contributed by atoms with Crippen molar-refractivity contribution in [3.05, 3.63) is 53.3 Å². The van der Waals surface area contributed by atoms with E-state index in [1.165, 1.54) is 19.2 Å². The second kappa shape index (κ2) is 5.88. The number of hydrogen-bond acceptors (Lipinski definition) is 3. The van der Waals surface area contributed by atoms with Gasteiger partial charge in [0.05, 0.1) is 7.11 Å². The molecule has 0 unspecified atom stereocenters. The summed E-state index contributed by atoms with van der Waals surface area (Å²) in [5.74, 6) is 0.549. The molecule has 0 aliphatic heterocycles. The first kappa shape index (κ1) is 14.3. The van der Waals surface area contributed by atoms with Crippen molar-refractivity contribution in [2.24, 2.45) is 5.73 Å². The molecule has 0 radical (unpaired) electrons. The van der Waals surface area contributed by atoms with Gasteiger partial charge in [-0.05, 0) is 42.8 Å². The van der Waals surface area contributed by atoms with Crippen LogP contribution in [-0.4, -0.2) is 12.1 Å². The average molecular weight is 291 g/mol. The van der Waals surface area contributed by atoms with Crippen LogP contribution in [0.5, 0.6) is 17.2 Å². The molecule has 2 rings (SSSR count). The molecule has 2 N–H and O–H groups in total. The normalized spacial score (nSPS) is 10.2. The van der Waals surface area contributed by atoms with Crippen LogP contribution < -0.4 is 15.2 Å². The van der Waals surface area contributed by atoms with Crippen LogP contribution in [0.2, 0.25) is 0 Å². The molecule has 3 nitrogen and oxygen atoms in total. The molecule has 0 saturated heterocycles. The number of hydrogen-bond donors (Lipinski definition) is 1. The van der Waals surface area contributed by atoms with E-state index in [1.54, 1.807) is 12.1 Å². The number of thiocarbonyl (C=S) groups is 1. The summed E-state index contributed by atoms with van der Waals surface area (Å²) in [4.78, 5) is 0.142. The first-order valence-corrected chi connectivity index (χ1v) is 6.34. The van der Waals surface area contributed by atoms with Gasteiger partial charge in [0.15, 0.2) is 23.1 Å². The number of methoxy groups -OCH3 is 1. The Hall–Kier alpha value is -2.14. The maximum Gasteiger partial charge on any atom is 0.169 e. The van der Waals surface area contributed by atoms with Gasteiger partial charge in [-0.1, -0.05) is 18.3 Å². The summed E-state index contributed by atoms with van der Waals surface area (Å²) in [5.41, 5.74) is 6.94. The molecule has 0 amide bonds. The number of nitrogens with two attached hydrogens (primary N) is 1. The average Bonchev–Trinajstić information content (AvgIpc) is 2.42. The van der Waals surface area contributed by atoms with Crippen molar-refractivity contribution < 1.29 is 13.9 Å². The fourth-order valence-electron chi connectivity index (χ4n) is 1.71. The van der Waals surface area contributed by atoms with Crippen LogP contribution in [0.15, 0.2) is 36.4 Å². The second-order valence-corrected chi connectivity index (χ2v) is 4.71. The Morgan fingerprint density at radius 3 is 2.40 bits per heavy atom. The molecule has 5 heteroatoms. The summed E-state index contributed by atoms with van der Waals surface area (Å²) in [7, 11) is 1.54. The minimum atomic E-state index is -0.530. The van der Waals surface area contributed by atoms with Crippen LogP contribution in [0.1, 0.15) is 11.1 Å². The van der Waals surface area contributed by atoms with E-state index in [0.29, 0.717) is 17.1 Å². The molecule has 0 bridgehead atoms. The molecule has 0 spiro atoms. The van der Waals surface area contributed by atoms with Crippen molar-refractivity contribution in [1.82, 2.24) is 0 Å². The maximum absolute atomic E-state index is 13.9. The fourth-order valence-corrected chi connectivity index (χ4v) is 1.84. The summed E-state index contributed by atoms with van der Waals surface area (Å²) in [6.45, 7) is 1.93. The van der Waals surface area contributed by atoms with E-state index in [-0.39, 0.29) is 10.7 Å². The Bertz CT molecular complexity index is 658. The zero-order valence-corrected chi connectivity index (χ0v) is 12.0. The summed E-state index contributed by atoms with van der Waals surface area (Å²) in [6.07, 6.45) is 0. The van der Waals surface area contributed by atoms with Gasteiger partial charge in [-0.15, -0.1) is 0 Å². The molecule has 0 aromatic heterocycles. The minimum absolute atomic E-state index is 0.0900. The maximum atomic E-state index is 13.9. The van der Waals surface area contributed by atoms with Crippen molar-refractivity contribution in [3.63, 3.8) is 0 Å². The summed E-state index contributed by atoms with van der Waals surface area (Å²) in [6, 6.07) is 9.76. The van der Waals surface area contributed by atoms with E-state index in [4.69, 9.17) is 27.4 Å². The highest BCUT2D eigenvalue weighted by Crippen LogP contribution is 2.33. The zero-order chi connectivity index (χ0) is 14.7. The Morgan fingerprint density at radius 1 is 1.10 bits per heavy atom. The summed E-state index contributed by atoms with van der Waals surface area (Å²) in [5, 5.41) is 0. The summed E-state index contributed by atoms with van der Waals surface area (Å²) >= 11 is 4.80. The van der Waals surface area contributed by atoms with Crippen LogP contribution >= 0.6 is 12.2 Å². The largest absolute Gasteiger partial charge is 0.493 e. The van der Waals surface area contributed by atoms with Gasteiger partial charge in [0.25, 0.3) is 0 Å². The predicted molar refractivity (Wildman–Crippen MR) is 80.1 cm³/mol. The lowest BCUT2D eigenvalue weighted by Crippen LogP contribution is -2.09. The zero-order valence-electron chi connectivity index (χ0n) is 11.1. The number of halogens is 1. The highest BCUT2D eigenvalue weighted by molar-refractivity contribution is 7.80. The Morgan fingerprint density at radius 2 is 1.80 bits per heavy atom. The van der Waals surface area contributed by atoms with E-state index >= 15 is 0 Å².